The number of rotatable bonds is 8. The second kappa shape index (κ2) is 10.7. The van der Waals surface area contributed by atoms with Crippen molar-refractivity contribution in [1.82, 2.24) is 4.98 Å². The molecule has 1 amide bonds. The van der Waals surface area contributed by atoms with Crippen LogP contribution in [-0.2, 0) is 4.74 Å². The number of nitriles is 1. The predicted octanol–water partition coefficient (Wildman–Crippen LogP) is 5.68. The van der Waals surface area contributed by atoms with Gasteiger partial charge in [0, 0.05) is 35.4 Å². The van der Waals surface area contributed by atoms with Gasteiger partial charge in [0.25, 0.3) is 11.6 Å². The first-order chi connectivity index (χ1) is 17.4. The van der Waals surface area contributed by atoms with Crippen molar-refractivity contribution in [3.05, 3.63) is 93.4 Å². The summed E-state index contributed by atoms with van der Waals surface area (Å²) in [5.74, 6) is -0.336. The molecule has 2 aromatic carbocycles. The van der Waals surface area contributed by atoms with Gasteiger partial charge >= 0.3 is 0 Å². The van der Waals surface area contributed by atoms with E-state index in [1.165, 1.54) is 37.6 Å². The third-order valence-corrected chi connectivity index (χ3v) is 5.26. The second-order valence-electron chi connectivity index (χ2n) is 7.32. The van der Waals surface area contributed by atoms with Gasteiger partial charge in [-0.2, -0.15) is 5.26 Å². The number of hydrogen-bond acceptors (Lipinski definition) is 8. The van der Waals surface area contributed by atoms with Crippen LogP contribution in [0.15, 0.2) is 71.3 Å². The number of carbonyl (C=O) groups excluding carboxylic acids is 1. The Labute approximate surface area is 209 Å². The fraction of sp³-hybridized carbons (Fsp3) is 0.0800. The number of amides is 1. The molecular formula is C25H17ClN4O6. The summed E-state index contributed by atoms with van der Waals surface area (Å²) < 4.78 is 15.8. The summed E-state index contributed by atoms with van der Waals surface area (Å²) in [7, 11) is 1.47. The molecule has 36 heavy (non-hydrogen) atoms. The molecule has 0 saturated heterocycles. The molecule has 1 N–H and O–H groups in total. The quantitative estimate of drug-likeness (QED) is 0.183. The highest BCUT2D eigenvalue weighted by Crippen LogP contribution is 2.38. The lowest BCUT2D eigenvalue weighted by molar-refractivity contribution is -0.384. The van der Waals surface area contributed by atoms with Gasteiger partial charge < -0.3 is 19.2 Å². The van der Waals surface area contributed by atoms with Crippen LogP contribution >= 0.6 is 11.6 Å². The van der Waals surface area contributed by atoms with E-state index in [0.717, 1.165) is 0 Å². The maximum atomic E-state index is 12.7. The molecule has 2 aromatic heterocycles. The van der Waals surface area contributed by atoms with Gasteiger partial charge in [0.15, 0.2) is 18.4 Å². The lowest BCUT2D eigenvalue weighted by Crippen LogP contribution is -2.14. The van der Waals surface area contributed by atoms with Gasteiger partial charge in [0.1, 0.15) is 17.4 Å². The largest absolute Gasteiger partial charge is 0.467 e. The molecule has 0 fully saturated rings. The average Bonchev–Trinajstić information content (AvgIpc) is 3.42. The Morgan fingerprint density at radius 2 is 2.03 bits per heavy atom. The lowest BCUT2D eigenvalue weighted by atomic mass is 9.97. The molecule has 4 rings (SSSR count). The predicted molar refractivity (Wildman–Crippen MR) is 131 cm³/mol. The van der Waals surface area contributed by atoms with Crippen molar-refractivity contribution >= 4 is 29.0 Å². The number of hydrogen-bond donors (Lipinski definition) is 1. The van der Waals surface area contributed by atoms with Crippen LogP contribution in [0.2, 0.25) is 5.02 Å². The maximum Gasteiger partial charge on any atom is 0.292 e. The Hall–Kier alpha value is -4.72. The highest BCUT2D eigenvalue weighted by molar-refractivity contribution is 6.30. The van der Waals surface area contributed by atoms with E-state index in [4.69, 9.17) is 25.5 Å². The zero-order chi connectivity index (χ0) is 25.7. The number of halogens is 1. The van der Waals surface area contributed by atoms with Crippen LogP contribution in [0.5, 0.6) is 5.75 Å². The van der Waals surface area contributed by atoms with Gasteiger partial charge in [-0.25, -0.2) is 4.98 Å². The van der Waals surface area contributed by atoms with Crippen molar-refractivity contribution in [3.8, 4) is 34.2 Å². The number of nitrogens with one attached hydrogen (secondary N) is 1. The summed E-state index contributed by atoms with van der Waals surface area (Å²) in [4.78, 5) is 28.1. The lowest BCUT2D eigenvalue weighted by Gasteiger charge is -2.15. The molecule has 0 radical (unpaired) electrons. The SMILES string of the molecule is COCOc1cc(Cl)ccc1-c1cc(-c2cccc([N+](=O)[O-])c2)c(C#N)c(NC(=O)c2ccco2)n1. The van der Waals surface area contributed by atoms with Crippen LogP contribution in [0, 0.1) is 21.4 Å². The van der Waals surface area contributed by atoms with Gasteiger partial charge in [-0.3, -0.25) is 14.9 Å². The van der Waals surface area contributed by atoms with E-state index in [0.29, 0.717) is 33.2 Å². The first-order valence-electron chi connectivity index (χ1n) is 10.4. The standard InChI is InChI=1S/C25H17ClN4O6/c1-34-14-36-23-11-16(26)7-8-18(23)21-12-19(15-4-2-5-17(10-15)30(32)33)20(13-27)24(28-21)29-25(31)22-6-3-9-35-22/h2-12H,14H2,1H3,(H,28,29,31). The summed E-state index contributed by atoms with van der Waals surface area (Å²) in [6.07, 6.45) is 1.34. The minimum Gasteiger partial charge on any atom is -0.467 e. The number of pyridine rings is 1. The Kier molecular flexibility index (Phi) is 7.25. The van der Waals surface area contributed by atoms with E-state index in [-0.39, 0.29) is 29.6 Å². The van der Waals surface area contributed by atoms with E-state index in [1.807, 2.05) is 6.07 Å². The fourth-order valence-electron chi connectivity index (χ4n) is 3.43. The molecule has 180 valence electrons. The van der Waals surface area contributed by atoms with Crippen LogP contribution in [0.3, 0.4) is 0 Å². The molecule has 0 saturated carbocycles. The molecule has 0 spiro atoms. The third kappa shape index (κ3) is 5.17. The average molecular weight is 505 g/mol. The van der Waals surface area contributed by atoms with Crippen LogP contribution in [0.1, 0.15) is 16.1 Å². The van der Waals surface area contributed by atoms with Gasteiger partial charge in [0.05, 0.1) is 16.9 Å². The number of aromatic nitrogens is 1. The molecule has 11 heteroatoms. The smallest absolute Gasteiger partial charge is 0.292 e. The molecule has 10 nitrogen and oxygen atoms in total. The number of benzene rings is 2. The summed E-state index contributed by atoms with van der Waals surface area (Å²) in [6, 6.07) is 17.3. The Balaban J connectivity index is 1.94. The Bertz CT molecular complexity index is 1480. The van der Waals surface area contributed by atoms with E-state index in [1.54, 1.807) is 36.4 Å². The molecule has 2 heterocycles. The summed E-state index contributed by atoms with van der Waals surface area (Å²) in [5.41, 5.74) is 1.34. The van der Waals surface area contributed by atoms with Gasteiger partial charge in [0.2, 0.25) is 0 Å². The second-order valence-corrected chi connectivity index (χ2v) is 7.76. The van der Waals surface area contributed by atoms with E-state index in [2.05, 4.69) is 10.3 Å². The topological polar surface area (TPSA) is 141 Å². The van der Waals surface area contributed by atoms with Crippen molar-refractivity contribution in [2.24, 2.45) is 0 Å². The molecule has 0 bridgehead atoms. The summed E-state index contributed by atoms with van der Waals surface area (Å²) in [5, 5.41) is 24.4. The molecule has 4 aromatic rings. The van der Waals surface area contributed by atoms with Crippen molar-refractivity contribution in [3.63, 3.8) is 0 Å². The molecule has 0 unspecified atom stereocenters. The zero-order valence-corrected chi connectivity index (χ0v) is 19.5. The van der Waals surface area contributed by atoms with Crippen LogP contribution in [0.4, 0.5) is 11.5 Å². The van der Waals surface area contributed by atoms with E-state index < -0.39 is 10.8 Å². The molecule has 0 aliphatic carbocycles. The summed E-state index contributed by atoms with van der Waals surface area (Å²) >= 11 is 6.15. The number of methoxy groups -OCH3 is 1. The molecule has 0 aliphatic heterocycles. The number of carbonyl (C=O) groups is 1. The number of nitro benzene ring substituents is 1. The van der Waals surface area contributed by atoms with Gasteiger partial charge in [-0.05, 0) is 42.0 Å². The van der Waals surface area contributed by atoms with Gasteiger partial charge in [-0.1, -0.05) is 23.7 Å². The van der Waals surface area contributed by atoms with Crippen LogP contribution in [0.25, 0.3) is 22.4 Å². The number of anilines is 1. The number of furan rings is 1. The van der Waals surface area contributed by atoms with Crippen LogP contribution in [-0.4, -0.2) is 29.7 Å². The Morgan fingerprint density at radius 1 is 1.19 bits per heavy atom. The van der Waals surface area contributed by atoms with E-state index in [9.17, 15) is 20.2 Å². The first kappa shape index (κ1) is 24.4. The normalized spacial score (nSPS) is 10.5. The monoisotopic (exact) mass is 504 g/mol. The van der Waals surface area contributed by atoms with Gasteiger partial charge in [-0.15, -0.1) is 0 Å². The minimum atomic E-state index is -0.627. The molecular weight excluding hydrogens is 488 g/mol. The van der Waals surface area contributed by atoms with Crippen molar-refractivity contribution in [1.29, 1.82) is 5.26 Å². The van der Waals surface area contributed by atoms with Crippen LogP contribution < -0.4 is 10.1 Å². The number of ether oxygens (including phenoxy) is 2. The molecule has 0 aliphatic rings. The number of nitrogens with zero attached hydrogens (tertiary/aromatic N) is 3. The first-order valence-corrected chi connectivity index (χ1v) is 10.8. The number of nitro groups is 1. The van der Waals surface area contributed by atoms with Crippen molar-refractivity contribution in [2.45, 2.75) is 0 Å². The molecule has 0 atom stereocenters. The highest BCUT2D eigenvalue weighted by atomic mass is 35.5. The Morgan fingerprint density at radius 3 is 2.72 bits per heavy atom. The maximum absolute atomic E-state index is 12.7. The van der Waals surface area contributed by atoms with E-state index >= 15 is 0 Å². The summed E-state index contributed by atoms with van der Waals surface area (Å²) in [6.45, 7) is -0.0660. The minimum absolute atomic E-state index is 0.00692. The van der Waals surface area contributed by atoms with Crippen molar-refractivity contribution < 1.29 is 23.6 Å². The van der Waals surface area contributed by atoms with Crippen molar-refractivity contribution in [2.75, 3.05) is 19.2 Å². The third-order valence-electron chi connectivity index (χ3n) is 5.03. The zero-order valence-electron chi connectivity index (χ0n) is 18.7. The fourth-order valence-corrected chi connectivity index (χ4v) is 3.59. The highest BCUT2D eigenvalue weighted by Gasteiger charge is 2.21. The number of non-ortho nitro benzene ring substituents is 1.